The summed E-state index contributed by atoms with van der Waals surface area (Å²) in [7, 11) is -3.47. The Bertz CT molecular complexity index is 310. The zero-order valence-corrected chi connectivity index (χ0v) is 10.3. The molecule has 0 radical (unpaired) electrons. The van der Waals surface area contributed by atoms with E-state index >= 15 is 0 Å². The number of primary sulfonamides is 1. The van der Waals surface area contributed by atoms with Crippen LogP contribution < -0.4 is 5.14 Å². The van der Waals surface area contributed by atoms with Crippen LogP contribution in [-0.2, 0) is 14.8 Å². The summed E-state index contributed by atoms with van der Waals surface area (Å²) in [6, 6.07) is 0. The monoisotopic (exact) mass is 248 g/mol. The van der Waals surface area contributed by atoms with E-state index in [1.807, 2.05) is 0 Å². The predicted octanol–water partition coefficient (Wildman–Crippen LogP) is -0.0581. The lowest BCUT2D eigenvalue weighted by atomic mass is 10.2. The molecule has 2 N–H and O–H groups in total. The van der Waals surface area contributed by atoms with Crippen LogP contribution in [0, 0.1) is 0 Å². The molecule has 5 nitrogen and oxygen atoms in total. The molecule has 94 valence electrons. The smallest absolute Gasteiger partial charge is 0.213 e. The number of nitrogens with zero attached hydrogens (tertiary/aromatic N) is 1. The van der Waals surface area contributed by atoms with Crippen molar-refractivity contribution in [2.75, 3.05) is 32.8 Å². The second-order valence-electron chi connectivity index (χ2n) is 3.99. The minimum Gasteiger partial charge on any atom is -0.379 e. The molecule has 1 atom stereocenters. The van der Waals surface area contributed by atoms with Gasteiger partial charge in [-0.25, -0.2) is 13.6 Å². The average molecular weight is 248 g/mol. The van der Waals surface area contributed by atoms with Crippen molar-refractivity contribution in [2.24, 2.45) is 5.14 Å². The van der Waals surface area contributed by atoms with Crippen molar-refractivity contribution in [1.82, 2.24) is 4.90 Å². The van der Waals surface area contributed by atoms with Gasteiger partial charge in [-0.3, -0.25) is 4.90 Å². The zero-order valence-electron chi connectivity index (χ0n) is 9.47. The van der Waals surface area contributed by atoms with E-state index in [1.165, 1.54) is 0 Å². The standard InChI is InChI=1S/C10H20N2O3S/c1-2-3-4-10(16(11,13)14)9-12-5-7-15-8-6-12/h2,10H,1,3-9H2,(H2,11,13,14)/t10-/m0/s1. The number of rotatable bonds is 6. The Labute approximate surface area is 97.3 Å². The van der Waals surface area contributed by atoms with Gasteiger partial charge in [0, 0.05) is 19.6 Å². The first kappa shape index (κ1) is 13.6. The Kier molecular flexibility index (Phi) is 5.40. The number of nitrogens with two attached hydrogens (primary N) is 1. The van der Waals surface area contributed by atoms with Gasteiger partial charge < -0.3 is 4.74 Å². The summed E-state index contributed by atoms with van der Waals surface area (Å²) in [4.78, 5) is 2.08. The zero-order chi connectivity index (χ0) is 12.0. The molecule has 0 amide bonds. The van der Waals surface area contributed by atoms with Gasteiger partial charge in [-0.15, -0.1) is 6.58 Å². The number of sulfonamides is 1. The van der Waals surface area contributed by atoms with Gasteiger partial charge in [-0.2, -0.15) is 0 Å². The van der Waals surface area contributed by atoms with Crippen molar-refractivity contribution in [2.45, 2.75) is 18.1 Å². The molecule has 1 rings (SSSR count). The first-order valence-corrected chi connectivity index (χ1v) is 7.07. The summed E-state index contributed by atoms with van der Waals surface area (Å²) in [5.74, 6) is 0. The summed E-state index contributed by atoms with van der Waals surface area (Å²) in [6.07, 6.45) is 2.93. The fourth-order valence-electron chi connectivity index (χ4n) is 1.73. The van der Waals surface area contributed by atoms with Crippen LogP contribution in [0.25, 0.3) is 0 Å². The summed E-state index contributed by atoms with van der Waals surface area (Å²) >= 11 is 0. The molecule has 1 aliphatic heterocycles. The summed E-state index contributed by atoms with van der Waals surface area (Å²) < 4.78 is 28.0. The fraction of sp³-hybridized carbons (Fsp3) is 0.800. The van der Waals surface area contributed by atoms with E-state index in [1.54, 1.807) is 6.08 Å². The molecule has 0 aromatic heterocycles. The van der Waals surface area contributed by atoms with Gasteiger partial charge in [-0.05, 0) is 12.8 Å². The quantitative estimate of drug-likeness (QED) is 0.669. The molecule has 0 spiro atoms. The van der Waals surface area contributed by atoms with E-state index in [9.17, 15) is 8.42 Å². The maximum atomic E-state index is 11.4. The highest BCUT2D eigenvalue weighted by molar-refractivity contribution is 7.89. The molecule has 1 saturated heterocycles. The van der Waals surface area contributed by atoms with Crippen LogP contribution in [0.4, 0.5) is 0 Å². The van der Waals surface area contributed by atoms with E-state index in [-0.39, 0.29) is 0 Å². The number of allylic oxidation sites excluding steroid dienone is 1. The van der Waals surface area contributed by atoms with Crippen LogP contribution in [0.2, 0.25) is 0 Å². The lowest BCUT2D eigenvalue weighted by molar-refractivity contribution is 0.0376. The van der Waals surface area contributed by atoms with Crippen LogP contribution >= 0.6 is 0 Å². The third-order valence-corrected chi connectivity index (χ3v) is 4.04. The van der Waals surface area contributed by atoms with Gasteiger partial charge >= 0.3 is 0 Å². The molecule has 0 unspecified atom stereocenters. The Balaban J connectivity index is 2.51. The summed E-state index contributed by atoms with van der Waals surface area (Å²) in [5.41, 5.74) is 0. The summed E-state index contributed by atoms with van der Waals surface area (Å²) in [5, 5.41) is 4.72. The van der Waals surface area contributed by atoms with E-state index in [2.05, 4.69) is 11.5 Å². The molecule has 0 saturated carbocycles. The van der Waals surface area contributed by atoms with Crippen molar-refractivity contribution in [1.29, 1.82) is 0 Å². The molecule has 1 heterocycles. The molecule has 6 heteroatoms. The van der Waals surface area contributed by atoms with Gasteiger partial charge in [0.1, 0.15) is 0 Å². The average Bonchev–Trinajstić information content (AvgIpc) is 2.24. The second-order valence-corrected chi connectivity index (χ2v) is 5.83. The van der Waals surface area contributed by atoms with Crippen LogP contribution in [0.15, 0.2) is 12.7 Å². The minimum atomic E-state index is -3.47. The first-order valence-electron chi connectivity index (χ1n) is 5.46. The van der Waals surface area contributed by atoms with Crippen molar-refractivity contribution in [3.63, 3.8) is 0 Å². The van der Waals surface area contributed by atoms with E-state index in [0.717, 1.165) is 13.1 Å². The SMILES string of the molecule is C=CCC[C@@H](CN1CCOCC1)S(N)(=O)=O. The van der Waals surface area contributed by atoms with Gasteiger partial charge in [-0.1, -0.05) is 6.08 Å². The first-order chi connectivity index (χ1) is 7.54. The fourth-order valence-corrected chi connectivity index (χ4v) is 2.62. The molecule has 0 aliphatic carbocycles. The van der Waals surface area contributed by atoms with E-state index < -0.39 is 15.3 Å². The molecule has 1 aliphatic rings. The molecule has 16 heavy (non-hydrogen) atoms. The number of ether oxygens (including phenoxy) is 1. The van der Waals surface area contributed by atoms with Crippen LogP contribution in [0.3, 0.4) is 0 Å². The van der Waals surface area contributed by atoms with Gasteiger partial charge in [0.25, 0.3) is 0 Å². The Hall–Kier alpha value is -0.430. The molecule has 1 fully saturated rings. The maximum absolute atomic E-state index is 11.4. The molecule has 0 bridgehead atoms. The number of hydrogen-bond acceptors (Lipinski definition) is 4. The molecule has 0 aromatic rings. The van der Waals surface area contributed by atoms with Crippen molar-refractivity contribution < 1.29 is 13.2 Å². The topological polar surface area (TPSA) is 72.6 Å². The minimum absolute atomic E-state index is 0.496. The Morgan fingerprint density at radius 2 is 2.06 bits per heavy atom. The van der Waals surface area contributed by atoms with E-state index in [4.69, 9.17) is 9.88 Å². The van der Waals surface area contributed by atoms with Crippen molar-refractivity contribution in [3.05, 3.63) is 12.7 Å². The third-order valence-electron chi connectivity index (χ3n) is 2.72. The van der Waals surface area contributed by atoms with Gasteiger partial charge in [0.15, 0.2) is 0 Å². The third kappa shape index (κ3) is 4.61. The van der Waals surface area contributed by atoms with Crippen LogP contribution in [0.1, 0.15) is 12.8 Å². The summed E-state index contributed by atoms with van der Waals surface area (Å²) in [6.45, 7) is 6.98. The number of hydrogen-bond donors (Lipinski definition) is 1. The highest BCUT2D eigenvalue weighted by atomic mass is 32.2. The second kappa shape index (κ2) is 6.34. The highest BCUT2D eigenvalue weighted by Gasteiger charge is 2.24. The van der Waals surface area contributed by atoms with Crippen molar-refractivity contribution >= 4 is 10.0 Å². The predicted molar refractivity (Wildman–Crippen MR) is 63.6 cm³/mol. The lowest BCUT2D eigenvalue weighted by Gasteiger charge is -2.29. The molecular formula is C10H20N2O3S. The van der Waals surface area contributed by atoms with E-state index in [0.29, 0.717) is 32.6 Å². The van der Waals surface area contributed by atoms with Gasteiger partial charge in [0.05, 0.1) is 18.5 Å². The normalized spacial score (nSPS) is 20.6. The molecule has 0 aromatic carbocycles. The highest BCUT2D eigenvalue weighted by Crippen LogP contribution is 2.10. The van der Waals surface area contributed by atoms with Gasteiger partial charge in [0.2, 0.25) is 10.0 Å². The van der Waals surface area contributed by atoms with Crippen LogP contribution in [0.5, 0.6) is 0 Å². The lowest BCUT2D eigenvalue weighted by Crippen LogP contribution is -2.44. The Morgan fingerprint density at radius 1 is 1.44 bits per heavy atom. The Morgan fingerprint density at radius 3 is 2.56 bits per heavy atom. The maximum Gasteiger partial charge on any atom is 0.213 e. The van der Waals surface area contributed by atoms with Crippen molar-refractivity contribution in [3.8, 4) is 0 Å². The number of morpholine rings is 1. The molecular weight excluding hydrogens is 228 g/mol. The largest absolute Gasteiger partial charge is 0.379 e. The van der Waals surface area contributed by atoms with Crippen LogP contribution in [-0.4, -0.2) is 51.4 Å².